The fraction of sp³-hybridized carbons (Fsp3) is 0.100. The summed E-state index contributed by atoms with van der Waals surface area (Å²) in [5.41, 5.74) is 2.08. The fourth-order valence-corrected chi connectivity index (χ4v) is 3.65. The molecule has 2 heterocycles. The molecule has 0 radical (unpaired) electrons. The summed E-state index contributed by atoms with van der Waals surface area (Å²) in [5, 5.41) is 7.81. The Morgan fingerprint density at radius 1 is 1.12 bits per heavy atom. The lowest BCUT2D eigenvalue weighted by atomic mass is 10.0. The molecule has 1 aromatic heterocycles. The van der Waals surface area contributed by atoms with Gasteiger partial charge in [-0.2, -0.15) is 0 Å². The molecule has 1 atom stereocenters. The Bertz CT molecular complexity index is 939. The maximum absolute atomic E-state index is 12.8. The zero-order valence-electron chi connectivity index (χ0n) is 13.8. The van der Waals surface area contributed by atoms with Crippen LogP contribution in [0.25, 0.3) is 0 Å². The van der Waals surface area contributed by atoms with Crippen molar-refractivity contribution >= 4 is 28.8 Å². The van der Waals surface area contributed by atoms with Crippen LogP contribution in [0.1, 0.15) is 26.8 Å². The number of hydrogen-bond donors (Lipinski definition) is 2. The van der Waals surface area contributed by atoms with Gasteiger partial charge in [0, 0.05) is 10.4 Å². The number of carbonyl (C=O) groups is 2. The number of amides is 2. The summed E-state index contributed by atoms with van der Waals surface area (Å²) in [4.78, 5) is 25.2. The van der Waals surface area contributed by atoms with E-state index in [1.807, 2.05) is 47.8 Å². The van der Waals surface area contributed by atoms with Crippen LogP contribution in [0.4, 0.5) is 5.69 Å². The van der Waals surface area contributed by atoms with E-state index in [0.717, 1.165) is 10.4 Å². The third-order valence-electron chi connectivity index (χ3n) is 4.11. The summed E-state index contributed by atoms with van der Waals surface area (Å²) in [5.74, 6) is 0.108. The molecule has 0 unspecified atom stereocenters. The summed E-state index contributed by atoms with van der Waals surface area (Å²) in [7, 11) is 0. The van der Waals surface area contributed by atoms with Crippen LogP contribution >= 0.6 is 11.3 Å². The van der Waals surface area contributed by atoms with Crippen molar-refractivity contribution in [3.05, 3.63) is 82.0 Å². The molecule has 5 nitrogen and oxygen atoms in total. The molecule has 2 aromatic carbocycles. The second kappa shape index (κ2) is 7.01. The van der Waals surface area contributed by atoms with Crippen molar-refractivity contribution in [2.24, 2.45) is 0 Å². The van der Waals surface area contributed by atoms with Crippen LogP contribution in [-0.4, -0.2) is 18.4 Å². The molecule has 6 heteroatoms. The summed E-state index contributed by atoms with van der Waals surface area (Å²) in [6, 6.07) is 18.6. The minimum atomic E-state index is -0.222. The van der Waals surface area contributed by atoms with Gasteiger partial charge < -0.3 is 15.4 Å². The second-order valence-corrected chi connectivity index (χ2v) is 6.86. The molecule has 0 aliphatic carbocycles. The Hall–Kier alpha value is -3.12. The standard InChI is InChI=1S/C20H16N2O3S/c23-18-12-25-16-11-14(8-9-15(16)21-18)20(24)22-19(17-7-4-10-26-17)13-5-2-1-3-6-13/h1-11,19H,12H2,(H,21,23)(H,22,24)/t19-/m0/s1. The summed E-state index contributed by atoms with van der Waals surface area (Å²) >= 11 is 1.60. The minimum absolute atomic E-state index is 0.0418. The predicted octanol–water partition coefficient (Wildman–Crippen LogP) is 3.60. The number of hydrogen-bond acceptors (Lipinski definition) is 4. The zero-order valence-corrected chi connectivity index (χ0v) is 14.6. The molecule has 1 aliphatic rings. The van der Waals surface area contributed by atoms with Crippen LogP contribution in [0.2, 0.25) is 0 Å². The Morgan fingerprint density at radius 2 is 1.96 bits per heavy atom. The highest BCUT2D eigenvalue weighted by Gasteiger charge is 2.21. The number of rotatable bonds is 4. The minimum Gasteiger partial charge on any atom is -0.482 e. The number of anilines is 1. The Labute approximate surface area is 154 Å². The average molecular weight is 364 g/mol. The van der Waals surface area contributed by atoms with Crippen molar-refractivity contribution in [1.82, 2.24) is 5.32 Å². The molecule has 3 aromatic rings. The molecule has 26 heavy (non-hydrogen) atoms. The van der Waals surface area contributed by atoms with E-state index in [-0.39, 0.29) is 24.5 Å². The van der Waals surface area contributed by atoms with Gasteiger partial charge in [0.15, 0.2) is 6.61 Å². The first-order valence-corrected chi connectivity index (χ1v) is 9.04. The fourth-order valence-electron chi connectivity index (χ4n) is 2.85. The highest BCUT2D eigenvalue weighted by Crippen LogP contribution is 2.30. The van der Waals surface area contributed by atoms with Crippen LogP contribution in [0, 0.1) is 0 Å². The van der Waals surface area contributed by atoms with Crippen molar-refractivity contribution in [1.29, 1.82) is 0 Å². The molecule has 2 amide bonds. The number of fused-ring (bicyclic) bond motifs is 1. The van der Waals surface area contributed by atoms with Crippen molar-refractivity contribution < 1.29 is 14.3 Å². The van der Waals surface area contributed by atoms with Gasteiger partial charge >= 0.3 is 0 Å². The molecular weight excluding hydrogens is 348 g/mol. The summed E-state index contributed by atoms with van der Waals surface area (Å²) in [6.07, 6.45) is 0. The SMILES string of the molecule is O=C1COc2cc(C(=O)N[C@@H](c3ccccc3)c3cccs3)ccc2N1. The highest BCUT2D eigenvalue weighted by molar-refractivity contribution is 7.10. The predicted molar refractivity (Wildman–Crippen MR) is 101 cm³/mol. The van der Waals surface area contributed by atoms with Crippen molar-refractivity contribution in [3.8, 4) is 5.75 Å². The maximum Gasteiger partial charge on any atom is 0.262 e. The van der Waals surface area contributed by atoms with E-state index in [1.165, 1.54) is 0 Å². The van der Waals surface area contributed by atoms with Gasteiger partial charge in [-0.1, -0.05) is 36.4 Å². The van der Waals surface area contributed by atoms with Crippen molar-refractivity contribution in [2.75, 3.05) is 11.9 Å². The van der Waals surface area contributed by atoms with E-state index >= 15 is 0 Å². The van der Waals surface area contributed by atoms with Crippen LogP contribution in [0.3, 0.4) is 0 Å². The Balaban J connectivity index is 1.60. The maximum atomic E-state index is 12.8. The second-order valence-electron chi connectivity index (χ2n) is 5.88. The molecule has 0 saturated heterocycles. The highest BCUT2D eigenvalue weighted by atomic mass is 32.1. The molecule has 130 valence electrons. The van der Waals surface area contributed by atoms with Gasteiger partial charge in [-0.3, -0.25) is 9.59 Å². The molecule has 2 N–H and O–H groups in total. The van der Waals surface area contributed by atoms with Crippen LogP contribution in [-0.2, 0) is 4.79 Å². The van der Waals surface area contributed by atoms with Crippen LogP contribution in [0.15, 0.2) is 66.0 Å². The van der Waals surface area contributed by atoms with E-state index in [1.54, 1.807) is 29.5 Å². The first-order chi connectivity index (χ1) is 12.7. The van der Waals surface area contributed by atoms with E-state index in [2.05, 4.69) is 10.6 Å². The van der Waals surface area contributed by atoms with Gasteiger partial charge in [0.05, 0.1) is 11.7 Å². The van der Waals surface area contributed by atoms with E-state index in [4.69, 9.17) is 4.74 Å². The van der Waals surface area contributed by atoms with Gasteiger partial charge in [-0.25, -0.2) is 0 Å². The average Bonchev–Trinajstić information content (AvgIpc) is 3.20. The third kappa shape index (κ3) is 3.32. The van der Waals surface area contributed by atoms with Crippen LogP contribution in [0.5, 0.6) is 5.75 Å². The lowest BCUT2D eigenvalue weighted by molar-refractivity contribution is -0.118. The van der Waals surface area contributed by atoms with Gasteiger partial charge in [0.1, 0.15) is 5.75 Å². The molecule has 4 rings (SSSR count). The zero-order chi connectivity index (χ0) is 17.9. The van der Waals surface area contributed by atoms with Crippen LogP contribution < -0.4 is 15.4 Å². The van der Waals surface area contributed by atoms with Gasteiger partial charge in [-0.05, 0) is 35.2 Å². The van der Waals surface area contributed by atoms with E-state index < -0.39 is 0 Å². The molecule has 1 aliphatic heterocycles. The largest absolute Gasteiger partial charge is 0.482 e. The van der Waals surface area contributed by atoms with Gasteiger partial charge in [0.2, 0.25) is 0 Å². The smallest absolute Gasteiger partial charge is 0.262 e. The van der Waals surface area contributed by atoms with Gasteiger partial charge in [-0.15, -0.1) is 11.3 Å². The molecule has 0 spiro atoms. The normalized spacial score (nSPS) is 13.9. The number of benzene rings is 2. The van der Waals surface area contributed by atoms with Crippen molar-refractivity contribution in [2.45, 2.75) is 6.04 Å². The van der Waals surface area contributed by atoms with Crippen molar-refractivity contribution in [3.63, 3.8) is 0 Å². The summed E-state index contributed by atoms with van der Waals surface area (Å²) in [6.45, 7) is -0.0418. The Kier molecular flexibility index (Phi) is 4.41. The number of nitrogens with one attached hydrogen (secondary N) is 2. The lowest BCUT2D eigenvalue weighted by Gasteiger charge is -2.20. The van der Waals surface area contributed by atoms with E-state index in [9.17, 15) is 9.59 Å². The molecule has 0 saturated carbocycles. The molecule has 0 fully saturated rings. The Morgan fingerprint density at radius 3 is 2.73 bits per heavy atom. The summed E-state index contributed by atoms with van der Waals surface area (Å²) < 4.78 is 5.40. The lowest BCUT2D eigenvalue weighted by Crippen LogP contribution is -2.29. The first kappa shape index (κ1) is 16.4. The third-order valence-corrected chi connectivity index (χ3v) is 5.05. The molecular formula is C20H16N2O3S. The topological polar surface area (TPSA) is 67.4 Å². The van der Waals surface area contributed by atoms with Gasteiger partial charge in [0.25, 0.3) is 11.8 Å². The number of thiophene rings is 1. The quantitative estimate of drug-likeness (QED) is 0.743. The monoisotopic (exact) mass is 364 g/mol. The number of ether oxygens (including phenoxy) is 1. The molecule has 0 bridgehead atoms. The first-order valence-electron chi connectivity index (χ1n) is 8.16. The number of carbonyl (C=O) groups excluding carboxylic acids is 2. The van der Waals surface area contributed by atoms with E-state index in [0.29, 0.717) is 17.0 Å².